The molecule has 0 unspecified atom stereocenters. The summed E-state index contributed by atoms with van der Waals surface area (Å²) in [6.07, 6.45) is 2.37. The summed E-state index contributed by atoms with van der Waals surface area (Å²) >= 11 is 0. The van der Waals surface area contributed by atoms with Gasteiger partial charge in [-0.25, -0.2) is 21.6 Å². The molecule has 0 radical (unpaired) electrons. The summed E-state index contributed by atoms with van der Waals surface area (Å²) < 4.78 is 61.1. The molecule has 1 saturated heterocycles. The third kappa shape index (κ3) is 7.66. The van der Waals surface area contributed by atoms with E-state index in [2.05, 4.69) is 4.72 Å². The number of ether oxygens (including phenoxy) is 1. The second-order valence-electron chi connectivity index (χ2n) is 10.9. The van der Waals surface area contributed by atoms with Crippen LogP contribution in [0.5, 0.6) is 0 Å². The van der Waals surface area contributed by atoms with Gasteiger partial charge in [-0.2, -0.15) is 0 Å². The molecule has 1 N–H and O–H groups in total. The van der Waals surface area contributed by atoms with Gasteiger partial charge in [0.2, 0.25) is 26.0 Å². The molecule has 10 nitrogen and oxygen atoms in total. The van der Waals surface area contributed by atoms with Gasteiger partial charge in [0.05, 0.1) is 30.9 Å². The summed E-state index contributed by atoms with van der Waals surface area (Å²) in [6.45, 7) is 7.10. The van der Waals surface area contributed by atoms with Gasteiger partial charge in [0.1, 0.15) is 6.04 Å². The van der Waals surface area contributed by atoms with Crippen LogP contribution in [-0.2, 0) is 41.6 Å². The molecule has 1 spiro atoms. The van der Waals surface area contributed by atoms with Crippen LogP contribution in [-0.4, -0.2) is 96.5 Å². The van der Waals surface area contributed by atoms with Gasteiger partial charge < -0.3 is 14.5 Å². The summed E-state index contributed by atoms with van der Waals surface area (Å²) in [5.41, 5.74) is 2.22. The zero-order valence-electron chi connectivity index (χ0n) is 24.2. The first-order valence-electron chi connectivity index (χ1n) is 14.2. The number of hydrogen-bond donors (Lipinski definition) is 1. The molecule has 2 aromatic rings. The van der Waals surface area contributed by atoms with E-state index in [1.807, 2.05) is 73.3 Å². The van der Waals surface area contributed by atoms with E-state index in [9.17, 15) is 21.6 Å². The SMILES string of the molecule is CCN(CC)CCS(=O)(=O)N[C@H](COCc1ccccc1)C(=O)N1CCC2(CC1)CN(S(C)(=O)=O)c1ccccc12. The number of piperidine rings is 1. The number of nitrogens with zero attached hydrogens (tertiary/aromatic N) is 3. The zero-order chi connectivity index (χ0) is 29.7. The van der Waals surface area contributed by atoms with Gasteiger partial charge in [-0.15, -0.1) is 0 Å². The Labute approximate surface area is 244 Å². The maximum absolute atomic E-state index is 13.7. The second kappa shape index (κ2) is 13.2. The van der Waals surface area contributed by atoms with Crippen molar-refractivity contribution in [1.29, 1.82) is 0 Å². The Morgan fingerprint density at radius 3 is 2.27 bits per heavy atom. The summed E-state index contributed by atoms with van der Waals surface area (Å²) in [5.74, 6) is -0.441. The number of benzene rings is 2. The molecule has 12 heteroatoms. The monoisotopic (exact) mass is 606 g/mol. The molecule has 1 amide bonds. The van der Waals surface area contributed by atoms with Crippen molar-refractivity contribution >= 4 is 31.6 Å². The highest BCUT2D eigenvalue weighted by Gasteiger charge is 2.48. The van der Waals surface area contributed by atoms with Gasteiger partial charge in [0.15, 0.2) is 0 Å². The molecule has 0 aromatic heterocycles. The standard InChI is InChI=1S/C29H42N4O6S2/c1-4-31(5-2)19-20-41(37,38)30-26(22-39-21-24-11-7-6-8-12-24)28(34)32-17-15-29(16-18-32)23-33(40(3,35)36)27-14-10-9-13-25(27)29/h6-14,26,30H,4-5,15-23H2,1-3H3/t26-/m1/s1. The van der Waals surface area contributed by atoms with Crippen LogP contribution in [0.4, 0.5) is 5.69 Å². The fraction of sp³-hybridized carbons (Fsp3) is 0.552. The average molecular weight is 607 g/mol. The van der Waals surface area contributed by atoms with E-state index in [1.54, 1.807) is 4.90 Å². The fourth-order valence-corrected chi connectivity index (χ4v) is 7.99. The number of carbonyl (C=O) groups is 1. The van der Waals surface area contributed by atoms with Crippen LogP contribution < -0.4 is 9.03 Å². The number of anilines is 1. The maximum atomic E-state index is 13.7. The van der Waals surface area contributed by atoms with E-state index in [0.717, 1.165) is 24.2 Å². The van der Waals surface area contributed by atoms with E-state index < -0.39 is 26.1 Å². The number of nitrogens with one attached hydrogen (secondary N) is 1. The van der Waals surface area contributed by atoms with E-state index >= 15 is 0 Å². The van der Waals surface area contributed by atoms with E-state index in [0.29, 0.717) is 44.7 Å². The molecule has 41 heavy (non-hydrogen) atoms. The van der Waals surface area contributed by atoms with Crippen molar-refractivity contribution < 1.29 is 26.4 Å². The van der Waals surface area contributed by atoms with E-state index in [4.69, 9.17) is 4.74 Å². The fourth-order valence-electron chi connectivity index (χ4n) is 5.77. The molecule has 0 saturated carbocycles. The minimum Gasteiger partial charge on any atom is -0.375 e. The largest absolute Gasteiger partial charge is 0.375 e. The Morgan fingerprint density at radius 2 is 1.63 bits per heavy atom. The lowest BCUT2D eigenvalue weighted by Gasteiger charge is -2.40. The molecular formula is C29H42N4O6S2. The predicted molar refractivity (Wildman–Crippen MR) is 161 cm³/mol. The van der Waals surface area contributed by atoms with E-state index in [-0.39, 0.29) is 30.3 Å². The van der Waals surface area contributed by atoms with Crippen LogP contribution in [0.15, 0.2) is 54.6 Å². The van der Waals surface area contributed by atoms with Gasteiger partial charge in [0.25, 0.3) is 0 Å². The lowest BCUT2D eigenvalue weighted by Crippen LogP contribution is -2.55. The normalized spacial score (nSPS) is 17.7. The summed E-state index contributed by atoms with van der Waals surface area (Å²) in [5, 5.41) is 0. The molecule has 1 fully saturated rings. The lowest BCUT2D eigenvalue weighted by atomic mass is 9.74. The minimum absolute atomic E-state index is 0.0927. The van der Waals surface area contributed by atoms with Crippen LogP contribution in [0.3, 0.4) is 0 Å². The third-order valence-corrected chi connectivity index (χ3v) is 10.7. The molecular weight excluding hydrogens is 564 g/mol. The number of fused-ring (bicyclic) bond motifs is 2. The number of rotatable bonds is 13. The van der Waals surface area contributed by atoms with E-state index in [1.165, 1.54) is 10.6 Å². The predicted octanol–water partition coefficient (Wildman–Crippen LogP) is 2.17. The lowest BCUT2D eigenvalue weighted by molar-refractivity contribution is -0.136. The van der Waals surface area contributed by atoms with Gasteiger partial charge in [0, 0.05) is 31.6 Å². The molecule has 2 aliphatic heterocycles. The highest BCUT2D eigenvalue weighted by molar-refractivity contribution is 7.92. The van der Waals surface area contributed by atoms with Gasteiger partial charge in [-0.05, 0) is 43.1 Å². The number of likely N-dealkylation sites (tertiary alicyclic amines) is 1. The number of amides is 1. The number of hydrogen-bond acceptors (Lipinski definition) is 7. The topological polar surface area (TPSA) is 116 Å². The smallest absolute Gasteiger partial charge is 0.243 e. The maximum Gasteiger partial charge on any atom is 0.243 e. The van der Waals surface area contributed by atoms with Crippen molar-refractivity contribution in [2.45, 2.75) is 44.8 Å². The van der Waals surface area contributed by atoms with Crippen LogP contribution in [0, 0.1) is 0 Å². The van der Waals surface area contributed by atoms with Crippen molar-refractivity contribution in [3.8, 4) is 0 Å². The molecule has 2 aliphatic rings. The van der Waals surface area contributed by atoms with Crippen molar-refractivity contribution in [3.05, 3.63) is 65.7 Å². The first-order chi connectivity index (χ1) is 19.5. The molecule has 2 heterocycles. The Morgan fingerprint density at radius 1 is 1.00 bits per heavy atom. The van der Waals surface area contributed by atoms with Crippen molar-refractivity contribution in [3.63, 3.8) is 0 Å². The Bertz CT molecular complexity index is 1390. The minimum atomic E-state index is -3.75. The Kier molecular flexibility index (Phi) is 10.1. The quantitative estimate of drug-likeness (QED) is 0.372. The molecule has 4 rings (SSSR count). The van der Waals surface area contributed by atoms with Crippen LogP contribution >= 0.6 is 0 Å². The molecule has 1 atom stereocenters. The molecule has 0 aliphatic carbocycles. The van der Waals surface area contributed by atoms with Gasteiger partial charge in [-0.3, -0.25) is 9.10 Å². The first-order valence-corrected chi connectivity index (χ1v) is 17.7. The van der Waals surface area contributed by atoms with Crippen LogP contribution in [0.25, 0.3) is 0 Å². The molecule has 226 valence electrons. The van der Waals surface area contributed by atoms with Gasteiger partial charge >= 0.3 is 0 Å². The summed E-state index contributed by atoms with van der Waals surface area (Å²) in [6, 6.07) is 16.0. The molecule has 0 bridgehead atoms. The van der Waals surface area contributed by atoms with Crippen LogP contribution in [0.2, 0.25) is 0 Å². The number of sulfonamides is 2. The Balaban J connectivity index is 1.46. The first kappa shape index (κ1) is 31.4. The van der Waals surface area contributed by atoms with Crippen molar-refractivity contribution in [2.75, 3.05) is 62.2 Å². The Hall–Kier alpha value is -2.51. The highest BCUT2D eigenvalue weighted by Crippen LogP contribution is 2.47. The highest BCUT2D eigenvalue weighted by atomic mass is 32.2. The number of carbonyl (C=O) groups excluding carboxylic acids is 1. The van der Waals surface area contributed by atoms with Crippen molar-refractivity contribution in [2.24, 2.45) is 0 Å². The van der Waals surface area contributed by atoms with Crippen molar-refractivity contribution in [1.82, 2.24) is 14.5 Å². The zero-order valence-corrected chi connectivity index (χ0v) is 25.8. The second-order valence-corrected chi connectivity index (χ2v) is 14.7. The third-order valence-electron chi connectivity index (χ3n) is 8.21. The summed E-state index contributed by atoms with van der Waals surface area (Å²) in [4.78, 5) is 17.4. The summed E-state index contributed by atoms with van der Waals surface area (Å²) in [7, 11) is -7.20. The molecule has 2 aromatic carbocycles. The van der Waals surface area contributed by atoms with Gasteiger partial charge in [-0.1, -0.05) is 62.4 Å². The average Bonchev–Trinajstić information content (AvgIpc) is 3.28. The number of para-hydroxylation sites is 1. The van der Waals surface area contributed by atoms with Crippen LogP contribution in [0.1, 0.15) is 37.8 Å².